The van der Waals surface area contributed by atoms with Gasteiger partial charge in [-0.25, -0.2) is 0 Å². The third-order valence-electron chi connectivity index (χ3n) is 1.71. The standard InChI is InChI=1S/C7H7NO3/c9-6-1-7(10)8-5-3-11-2-4(5)6/h1H,2-3H2,(H2,8,9,10). The summed E-state index contributed by atoms with van der Waals surface area (Å²) in [7, 11) is 0. The molecule has 0 unspecified atom stereocenters. The van der Waals surface area contributed by atoms with Gasteiger partial charge in [0.05, 0.1) is 18.9 Å². The Kier molecular flexibility index (Phi) is 1.22. The highest BCUT2D eigenvalue weighted by molar-refractivity contribution is 5.35. The van der Waals surface area contributed by atoms with E-state index in [1.165, 1.54) is 0 Å². The highest BCUT2D eigenvalue weighted by atomic mass is 16.5. The van der Waals surface area contributed by atoms with Crippen LogP contribution in [0.15, 0.2) is 10.9 Å². The minimum absolute atomic E-state index is 0.0289. The van der Waals surface area contributed by atoms with Crippen LogP contribution in [0.2, 0.25) is 0 Å². The second-order valence-electron chi connectivity index (χ2n) is 2.47. The second-order valence-corrected chi connectivity index (χ2v) is 2.47. The van der Waals surface area contributed by atoms with Gasteiger partial charge in [0.1, 0.15) is 5.75 Å². The molecular weight excluding hydrogens is 146 g/mol. The molecule has 0 aromatic carbocycles. The maximum Gasteiger partial charge on any atom is 0.251 e. The molecule has 0 fully saturated rings. The van der Waals surface area contributed by atoms with E-state index in [1.807, 2.05) is 0 Å². The molecule has 4 heteroatoms. The number of rotatable bonds is 0. The summed E-state index contributed by atoms with van der Waals surface area (Å²) in [5, 5.41) is 9.21. The van der Waals surface area contributed by atoms with E-state index in [4.69, 9.17) is 4.74 Å². The first-order valence-electron chi connectivity index (χ1n) is 3.29. The van der Waals surface area contributed by atoms with Crippen LogP contribution in [0.3, 0.4) is 0 Å². The van der Waals surface area contributed by atoms with Gasteiger partial charge in [-0.05, 0) is 0 Å². The van der Waals surface area contributed by atoms with E-state index in [0.717, 1.165) is 6.07 Å². The van der Waals surface area contributed by atoms with Crippen molar-refractivity contribution in [3.8, 4) is 5.75 Å². The van der Waals surface area contributed by atoms with Crippen molar-refractivity contribution >= 4 is 0 Å². The summed E-state index contributed by atoms with van der Waals surface area (Å²) in [5.74, 6) is 0.0289. The van der Waals surface area contributed by atoms with Gasteiger partial charge >= 0.3 is 0 Å². The van der Waals surface area contributed by atoms with Gasteiger partial charge in [0.15, 0.2) is 0 Å². The predicted octanol–water partition coefficient (Wildman–Crippen LogP) is 0.111. The molecule has 2 N–H and O–H groups in total. The number of nitrogens with one attached hydrogen (secondary N) is 1. The number of hydrogen-bond donors (Lipinski definition) is 2. The molecule has 0 radical (unpaired) electrons. The highest BCUT2D eigenvalue weighted by Gasteiger charge is 2.15. The summed E-state index contributed by atoms with van der Waals surface area (Å²) in [6, 6.07) is 1.16. The van der Waals surface area contributed by atoms with Crippen LogP contribution in [0.4, 0.5) is 0 Å². The minimum Gasteiger partial charge on any atom is -0.507 e. The lowest BCUT2D eigenvalue weighted by Crippen LogP contribution is -2.06. The number of pyridine rings is 1. The van der Waals surface area contributed by atoms with Gasteiger partial charge in [0, 0.05) is 11.6 Å². The molecule has 0 amide bonds. The van der Waals surface area contributed by atoms with Crippen LogP contribution in [0.25, 0.3) is 0 Å². The highest BCUT2D eigenvalue weighted by Crippen LogP contribution is 2.23. The third-order valence-corrected chi connectivity index (χ3v) is 1.71. The number of aromatic hydroxyl groups is 1. The van der Waals surface area contributed by atoms with E-state index in [1.54, 1.807) is 0 Å². The normalized spacial score (nSPS) is 14.9. The van der Waals surface area contributed by atoms with Gasteiger partial charge in [-0.2, -0.15) is 0 Å². The fourth-order valence-corrected chi connectivity index (χ4v) is 1.17. The maximum absolute atomic E-state index is 10.8. The van der Waals surface area contributed by atoms with E-state index in [0.29, 0.717) is 24.5 Å². The average Bonchev–Trinajstić information content (AvgIpc) is 2.34. The number of aromatic nitrogens is 1. The van der Waals surface area contributed by atoms with Crippen molar-refractivity contribution in [3.63, 3.8) is 0 Å². The first-order valence-corrected chi connectivity index (χ1v) is 3.29. The molecule has 1 aromatic rings. The molecule has 0 saturated carbocycles. The van der Waals surface area contributed by atoms with Crippen molar-refractivity contribution in [3.05, 3.63) is 27.7 Å². The van der Waals surface area contributed by atoms with Gasteiger partial charge in [-0.15, -0.1) is 0 Å². The second kappa shape index (κ2) is 2.10. The quantitative estimate of drug-likeness (QED) is 0.556. The lowest BCUT2D eigenvalue weighted by atomic mass is 10.2. The van der Waals surface area contributed by atoms with E-state index in [9.17, 15) is 9.90 Å². The van der Waals surface area contributed by atoms with Gasteiger partial charge in [0.25, 0.3) is 5.56 Å². The Morgan fingerprint density at radius 1 is 1.55 bits per heavy atom. The molecule has 58 valence electrons. The van der Waals surface area contributed by atoms with Crippen molar-refractivity contribution in [2.75, 3.05) is 0 Å². The summed E-state index contributed by atoms with van der Waals surface area (Å²) in [4.78, 5) is 13.4. The molecule has 0 spiro atoms. The molecule has 0 saturated heterocycles. The summed E-state index contributed by atoms with van der Waals surface area (Å²) >= 11 is 0. The molecule has 1 aliphatic rings. The summed E-state index contributed by atoms with van der Waals surface area (Å²) in [6.07, 6.45) is 0. The summed E-state index contributed by atoms with van der Waals surface area (Å²) in [5.41, 5.74) is 1.10. The van der Waals surface area contributed by atoms with Crippen LogP contribution >= 0.6 is 0 Å². The zero-order valence-corrected chi connectivity index (χ0v) is 5.76. The average molecular weight is 153 g/mol. The van der Waals surface area contributed by atoms with Crippen LogP contribution in [0.1, 0.15) is 11.3 Å². The summed E-state index contributed by atoms with van der Waals surface area (Å²) < 4.78 is 5.02. The molecule has 11 heavy (non-hydrogen) atoms. The van der Waals surface area contributed by atoms with Crippen LogP contribution in [0.5, 0.6) is 5.75 Å². The Labute approximate surface area is 62.4 Å². The Bertz CT molecular complexity index is 342. The molecule has 0 aliphatic carbocycles. The SMILES string of the molecule is O=c1cc(O)c2c([nH]1)COC2. The van der Waals surface area contributed by atoms with Crippen LogP contribution in [0, 0.1) is 0 Å². The largest absolute Gasteiger partial charge is 0.507 e. The minimum atomic E-state index is -0.285. The lowest BCUT2D eigenvalue weighted by Gasteiger charge is -1.97. The fraction of sp³-hybridized carbons (Fsp3) is 0.286. The molecule has 2 heterocycles. The van der Waals surface area contributed by atoms with Crippen LogP contribution in [-0.2, 0) is 18.0 Å². The smallest absolute Gasteiger partial charge is 0.251 e. The molecule has 2 rings (SSSR count). The van der Waals surface area contributed by atoms with Crippen molar-refractivity contribution in [1.29, 1.82) is 0 Å². The first-order chi connectivity index (χ1) is 5.27. The lowest BCUT2D eigenvalue weighted by molar-refractivity contribution is 0.132. The van der Waals surface area contributed by atoms with E-state index in [-0.39, 0.29) is 11.3 Å². The van der Waals surface area contributed by atoms with Crippen molar-refractivity contribution in [1.82, 2.24) is 4.98 Å². The van der Waals surface area contributed by atoms with Gasteiger partial charge in [-0.1, -0.05) is 0 Å². The zero-order valence-electron chi connectivity index (χ0n) is 5.76. The molecule has 1 aromatic heterocycles. The van der Waals surface area contributed by atoms with Gasteiger partial charge in [0.2, 0.25) is 0 Å². The topological polar surface area (TPSA) is 62.3 Å². The van der Waals surface area contributed by atoms with Crippen LogP contribution < -0.4 is 5.56 Å². The number of ether oxygens (including phenoxy) is 1. The van der Waals surface area contributed by atoms with E-state index in [2.05, 4.69) is 4.98 Å². The maximum atomic E-state index is 10.8. The van der Waals surface area contributed by atoms with Crippen molar-refractivity contribution in [2.24, 2.45) is 0 Å². The van der Waals surface area contributed by atoms with Crippen LogP contribution in [-0.4, -0.2) is 10.1 Å². The number of H-pyrrole nitrogens is 1. The van der Waals surface area contributed by atoms with Gasteiger partial charge < -0.3 is 14.8 Å². The third kappa shape index (κ3) is 0.914. The number of hydrogen-bond acceptors (Lipinski definition) is 3. The monoisotopic (exact) mass is 153 g/mol. The van der Waals surface area contributed by atoms with Crippen molar-refractivity contribution < 1.29 is 9.84 Å². The van der Waals surface area contributed by atoms with E-state index >= 15 is 0 Å². The molecule has 0 atom stereocenters. The summed E-state index contributed by atoms with van der Waals surface area (Å²) in [6.45, 7) is 0.775. The van der Waals surface area contributed by atoms with Gasteiger partial charge in [-0.3, -0.25) is 4.79 Å². The van der Waals surface area contributed by atoms with E-state index < -0.39 is 0 Å². The Hall–Kier alpha value is -1.29. The molecular formula is C7H7NO3. The predicted molar refractivity (Wildman–Crippen MR) is 37.2 cm³/mol. The Morgan fingerprint density at radius 2 is 2.36 bits per heavy atom. The molecule has 4 nitrogen and oxygen atoms in total. The Balaban J connectivity index is 2.70. The number of aromatic amines is 1. The molecule has 1 aliphatic heterocycles. The Morgan fingerprint density at radius 3 is 3.18 bits per heavy atom. The number of fused-ring (bicyclic) bond motifs is 1. The zero-order chi connectivity index (χ0) is 7.84. The fourth-order valence-electron chi connectivity index (χ4n) is 1.17. The van der Waals surface area contributed by atoms with Crippen molar-refractivity contribution in [2.45, 2.75) is 13.2 Å². The first kappa shape index (κ1) is 6.42. The molecule has 0 bridgehead atoms.